The Morgan fingerprint density at radius 3 is 1.40 bits per heavy atom. The van der Waals surface area contributed by atoms with Crippen molar-refractivity contribution in [2.75, 3.05) is 33.0 Å². The second-order valence-electron chi connectivity index (χ2n) is 20.1. The van der Waals surface area contributed by atoms with E-state index in [4.69, 9.17) is 28.4 Å². The van der Waals surface area contributed by atoms with Gasteiger partial charge in [-0.25, -0.2) is 0 Å². The molecule has 0 aliphatic carbocycles. The Balaban J connectivity index is 1.74. The number of aliphatic hydroxyl groups is 7. The van der Waals surface area contributed by atoms with Crippen molar-refractivity contribution in [3.05, 3.63) is 60.8 Å². The van der Waals surface area contributed by atoms with Gasteiger partial charge in [0.25, 0.3) is 0 Å². The van der Waals surface area contributed by atoms with Gasteiger partial charge in [-0.1, -0.05) is 203 Å². The minimum absolute atomic E-state index is 0.0443. The largest absolute Gasteiger partial charge is 0.457 e. The molecule has 14 nitrogen and oxygen atoms in total. The monoisotopic (exact) mass is 1040 g/mol. The number of aliphatic hydroxyl groups excluding tert-OH is 7. The van der Waals surface area contributed by atoms with Gasteiger partial charge < -0.3 is 64.2 Å². The highest BCUT2D eigenvalue weighted by Crippen LogP contribution is 2.27. The summed E-state index contributed by atoms with van der Waals surface area (Å²) in [6.07, 6.45) is 39.9. The molecule has 7 N–H and O–H groups in total. The average molecular weight is 1040 g/mol. The summed E-state index contributed by atoms with van der Waals surface area (Å²) in [6.45, 7) is 3.53. The van der Waals surface area contributed by atoms with Crippen LogP contribution in [-0.2, 0) is 33.2 Å². The molecule has 0 aromatic rings. The molecule has 0 saturated carbocycles. The molecule has 2 fully saturated rings. The SMILES string of the molecule is CC/C=C\C/C=C\C/C=C\C/C=C\C/C=C\CCCCCCOCC(COC1OC(COC2OC(CO)C(O)C(O)C2O)C(O)C(O)C1O)OC(=O)CCCCCCCCCCCCCCCCCCCCC. The van der Waals surface area contributed by atoms with E-state index in [1.165, 1.54) is 96.3 Å². The summed E-state index contributed by atoms with van der Waals surface area (Å²) in [7, 11) is 0. The second kappa shape index (κ2) is 45.8. The standard InChI is InChI=1S/C59H104O14/c1-3-5-7-9-11-13-15-17-19-21-23-25-27-29-31-33-35-37-39-41-43-68-45-48(71-51(61)42-40-38-36-34-32-30-28-26-24-22-20-18-16-14-12-10-8-6-4-2)46-69-58-57(67)55(65)53(63)50(73-58)47-70-59-56(66)54(64)52(62)49(44-60)72-59/h5,7,11,13,17,19,23,25,29,31,48-50,52-60,62-67H,3-4,6,8-10,12,14-16,18,20-22,24,26-28,30,32-47H2,1-2H3/b7-5-,13-11-,19-17-,25-23-,31-29-. The fourth-order valence-electron chi connectivity index (χ4n) is 8.90. The maximum Gasteiger partial charge on any atom is 0.306 e. The molecule has 0 bridgehead atoms. The topological polar surface area (TPSA) is 214 Å². The van der Waals surface area contributed by atoms with Gasteiger partial charge >= 0.3 is 5.97 Å². The predicted molar refractivity (Wildman–Crippen MR) is 289 cm³/mol. The number of unbranched alkanes of at least 4 members (excludes halogenated alkanes) is 22. The molecular weight excluding hydrogens is 933 g/mol. The first-order chi connectivity index (χ1) is 35.6. The molecule has 2 heterocycles. The number of esters is 1. The normalized spacial score (nSPS) is 25.4. The van der Waals surface area contributed by atoms with Crippen LogP contribution in [0.5, 0.6) is 0 Å². The van der Waals surface area contributed by atoms with Crippen LogP contribution in [0, 0.1) is 0 Å². The number of carbonyl (C=O) groups is 1. The summed E-state index contributed by atoms with van der Waals surface area (Å²) in [5.41, 5.74) is 0. The van der Waals surface area contributed by atoms with Crippen molar-refractivity contribution in [1.29, 1.82) is 0 Å². The fraction of sp³-hybridized carbons (Fsp3) is 0.814. The zero-order valence-electron chi connectivity index (χ0n) is 45.4. The van der Waals surface area contributed by atoms with Gasteiger partial charge in [-0.2, -0.15) is 0 Å². The molecule has 2 aliphatic rings. The lowest BCUT2D eigenvalue weighted by Gasteiger charge is -2.42. The van der Waals surface area contributed by atoms with Crippen LogP contribution in [-0.4, -0.2) is 142 Å². The van der Waals surface area contributed by atoms with Gasteiger partial charge in [-0.3, -0.25) is 4.79 Å². The molecule has 424 valence electrons. The lowest BCUT2D eigenvalue weighted by Crippen LogP contribution is -2.61. The summed E-state index contributed by atoms with van der Waals surface area (Å²) in [4.78, 5) is 13.1. The van der Waals surface area contributed by atoms with Crippen molar-refractivity contribution in [2.24, 2.45) is 0 Å². The van der Waals surface area contributed by atoms with Crippen LogP contribution in [0.15, 0.2) is 60.8 Å². The van der Waals surface area contributed by atoms with Crippen LogP contribution in [0.4, 0.5) is 0 Å². The quantitative estimate of drug-likeness (QED) is 0.0172. The average Bonchev–Trinajstić information content (AvgIpc) is 3.39. The maximum atomic E-state index is 13.1. The Morgan fingerprint density at radius 1 is 0.466 bits per heavy atom. The molecule has 0 aromatic heterocycles. The lowest BCUT2D eigenvalue weighted by molar-refractivity contribution is -0.332. The minimum Gasteiger partial charge on any atom is -0.457 e. The van der Waals surface area contributed by atoms with Crippen molar-refractivity contribution in [3.63, 3.8) is 0 Å². The number of hydrogen-bond acceptors (Lipinski definition) is 14. The number of allylic oxidation sites excluding steroid dienone is 10. The molecule has 11 unspecified atom stereocenters. The number of hydrogen-bond donors (Lipinski definition) is 7. The molecule has 11 atom stereocenters. The van der Waals surface area contributed by atoms with Gasteiger partial charge in [-0.05, 0) is 57.8 Å². The van der Waals surface area contributed by atoms with E-state index in [0.29, 0.717) is 13.0 Å². The van der Waals surface area contributed by atoms with Crippen molar-refractivity contribution in [3.8, 4) is 0 Å². The van der Waals surface area contributed by atoms with Crippen molar-refractivity contribution >= 4 is 5.97 Å². The molecule has 0 aromatic carbocycles. The zero-order valence-corrected chi connectivity index (χ0v) is 45.4. The van der Waals surface area contributed by atoms with Crippen LogP contribution in [0.25, 0.3) is 0 Å². The summed E-state index contributed by atoms with van der Waals surface area (Å²) < 4.78 is 34.4. The van der Waals surface area contributed by atoms with E-state index in [9.17, 15) is 40.5 Å². The third-order valence-corrected chi connectivity index (χ3v) is 13.5. The summed E-state index contributed by atoms with van der Waals surface area (Å²) in [6, 6.07) is 0. The van der Waals surface area contributed by atoms with E-state index in [1.807, 2.05) is 0 Å². The van der Waals surface area contributed by atoms with Gasteiger partial charge in [0.2, 0.25) is 0 Å². The molecule has 0 amide bonds. The zero-order chi connectivity index (χ0) is 53.0. The van der Waals surface area contributed by atoms with Gasteiger partial charge in [0, 0.05) is 13.0 Å². The van der Waals surface area contributed by atoms with Crippen LogP contribution >= 0.6 is 0 Å². The third kappa shape index (κ3) is 32.8. The van der Waals surface area contributed by atoms with Crippen LogP contribution in [0.1, 0.15) is 206 Å². The van der Waals surface area contributed by atoms with Gasteiger partial charge in [-0.15, -0.1) is 0 Å². The van der Waals surface area contributed by atoms with Gasteiger partial charge in [0.15, 0.2) is 12.6 Å². The van der Waals surface area contributed by atoms with Gasteiger partial charge in [0.1, 0.15) is 54.9 Å². The summed E-state index contributed by atoms with van der Waals surface area (Å²) in [5, 5.41) is 72.3. The molecule has 2 saturated heterocycles. The molecular formula is C59H104O14. The Kier molecular flexibility index (Phi) is 42.0. The molecule has 2 rings (SSSR count). The number of carbonyl (C=O) groups excluding carboxylic acids is 1. The highest BCUT2D eigenvalue weighted by molar-refractivity contribution is 5.69. The first-order valence-electron chi connectivity index (χ1n) is 28.9. The fourth-order valence-corrected chi connectivity index (χ4v) is 8.90. The highest BCUT2D eigenvalue weighted by atomic mass is 16.7. The van der Waals surface area contributed by atoms with Crippen molar-refractivity contribution in [2.45, 2.75) is 274 Å². The van der Waals surface area contributed by atoms with E-state index in [-0.39, 0.29) is 25.6 Å². The molecule has 14 heteroatoms. The summed E-state index contributed by atoms with van der Waals surface area (Å²) in [5.74, 6) is -0.384. The second-order valence-corrected chi connectivity index (χ2v) is 20.1. The molecule has 0 radical (unpaired) electrons. The van der Waals surface area contributed by atoms with E-state index < -0.39 is 80.7 Å². The summed E-state index contributed by atoms with van der Waals surface area (Å²) >= 11 is 0. The van der Waals surface area contributed by atoms with E-state index in [1.54, 1.807) is 0 Å². The molecule has 0 spiro atoms. The van der Waals surface area contributed by atoms with E-state index >= 15 is 0 Å². The Morgan fingerprint density at radius 2 is 0.890 bits per heavy atom. The maximum absolute atomic E-state index is 13.1. The first-order valence-corrected chi connectivity index (χ1v) is 28.9. The van der Waals surface area contributed by atoms with Crippen LogP contribution in [0.3, 0.4) is 0 Å². The number of rotatable bonds is 46. The van der Waals surface area contributed by atoms with E-state index in [0.717, 1.165) is 83.5 Å². The third-order valence-electron chi connectivity index (χ3n) is 13.5. The number of ether oxygens (including phenoxy) is 6. The van der Waals surface area contributed by atoms with Gasteiger partial charge in [0.05, 0.1) is 26.4 Å². The molecule has 73 heavy (non-hydrogen) atoms. The Labute approximate surface area is 441 Å². The highest BCUT2D eigenvalue weighted by Gasteiger charge is 2.47. The molecule has 2 aliphatic heterocycles. The van der Waals surface area contributed by atoms with Crippen LogP contribution in [0.2, 0.25) is 0 Å². The van der Waals surface area contributed by atoms with Crippen molar-refractivity contribution < 1.29 is 69.0 Å². The first kappa shape index (κ1) is 66.8. The Hall–Kier alpha value is -2.31. The Bertz CT molecular complexity index is 1440. The smallest absolute Gasteiger partial charge is 0.306 e. The van der Waals surface area contributed by atoms with Crippen molar-refractivity contribution in [1.82, 2.24) is 0 Å². The predicted octanol–water partition coefficient (Wildman–Crippen LogP) is 10.1. The van der Waals surface area contributed by atoms with Crippen LogP contribution < -0.4 is 0 Å². The lowest BCUT2D eigenvalue weighted by atomic mass is 9.98. The van der Waals surface area contributed by atoms with E-state index in [2.05, 4.69) is 74.6 Å². The minimum atomic E-state index is -1.71.